The second kappa shape index (κ2) is 4.29. The zero-order chi connectivity index (χ0) is 4.83. The number of alkyl halides is 1. The van der Waals surface area contributed by atoms with E-state index in [4.69, 9.17) is 0 Å². The van der Waals surface area contributed by atoms with Gasteiger partial charge in [-0.1, -0.05) is 5.92 Å². The van der Waals surface area contributed by atoms with Gasteiger partial charge in [-0.15, -0.1) is 0 Å². The van der Waals surface area contributed by atoms with Gasteiger partial charge in [-0.3, -0.25) is 4.39 Å². The predicted octanol–water partition coefficient (Wildman–Crippen LogP) is 0.266. The average Bonchev–Trinajstić information content (AvgIpc) is 1.61. The molecule has 0 atom stereocenters. The van der Waals surface area contributed by atoms with E-state index in [9.17, 15) is 4.39 Å². The molecule has 0 saturated carbocycles. The van der Waals surface area contributed by atoms with Crippen molar-refractivity contribution in [3.63, 3.8) is 0 Å². The Kier molecular flexibility index (Phi) is 3.78. The molecule has 1 nitrogen and oxygen atoms in total. The zero-order valence-electron chi connectivity index (χ0n) is 3.37. The smallest absolute Gasteiger partial charge is 0.100 e. The third-order valence-corrected chi connectivity index (χ3v) is 0.322. The highest BCUT2D eigenvalue weighted by Crippen LogP contribution is 1.71. The molecule has 0 aromatic carbocycles. The van der Waals surface area contributed by atoms with E-state index in [1.165, 1.54) is 0 Å². The molecule has 34 valence electrons. The molecule has 0 aliphatic heterocycles. The molecule has 0 amide bonds. The lowest BCUT2D eigenvalue weighted by Gasteiger charge is -1.68. The van der Waals surface area contributed by atoms with Crippen LogP contribution in [0.2, 0.25) is 0 Å². The van der Waals surface area contributed by atoms with Gasteiger partial charge in [0.05, 0.1) is 0 Å². The summed E-state index contributed by atoms with van der Waals surface area (Å²) in [6.45, 7) is -0.399. The summed E-state index contributed by atoms with van der Waals surface area (Å²) < 4.78 is 11.0. The van der Waals surface area contributed by atoms with Crippen LogP contribution in [0.1, 0.15) is 6.42 Å². The van der Waals surface area contributed by atoms with Gasteiger partial charge >= 0.3 is 0 Å². The molecular weight excluding hydrogens is 81.0 g/mol. The Morgan fingerprint density at radius 1 is 1.67 bits per heavy atom. The lowest BCUT2D eigenvalue weighted by molar-refractivity contribution is 0.505. The number of hydrogen-bond donors (Lipinski definition) is 1. The van der Waals surface area contributed by atoms with Crippen molar-refractivity contribution in [2.45, 2.75) is 6.42 Å². The molecule has 6 heavy (non-hydrogen) atoms. The first-order chi connectivity index (χ1) is 2.91. The van der Waals surface area contributed by atoms with Crippen LogP contribution in [-0.2, 0) is 0 Å². The van der Waals surface area contributed by atoms with Gasteiger partial charge in [0.25, 0.3) is 0 Å². The molecule has 2 N–H and O–H groups in total. The molecule has 0 aliphatic carbocycles. The Morgan fingerprint density at radius 2 is 2.33 bits per heavy atom. The molecule has 2 heteroatoms. The van der Waals surface area contributed by atoms with Crippen LogP contribution in [0.3, 0.4) is 0 Å². The highest BCUT2D eigenvalue weighted by molar-refractivity contribution is 4.92. The molecule has 0 aromatic rings. The maximum absolute atomic E-state index is 11.0. The Morgan fingerprint density at radius 3 is 2.50 bits per heavy atom. The van der Waals surface area contributed by atoms with E-state index >= 15 is 0 Å². The molecule has 0 bridgehead atoms. The van der Waals surface area contributed by atoms with Crippen LogP contribution in [0, 0.1) is 12.0 Å². The fourth-order valence-electron chi connectivity index (χ4n) is 0.119. The van der Waals surface area contributed by atoms with Crippen molar-refractivity contribution in [1.29, 1.82) is 0 Å². The van der Waals surface area contributed by atoms with Crippen molar-refractivity contribution in [2.24, 2.45) is 5.73 Å². The van der Waals surface area contributed by atoms with Gasteiger partial charge in [0.15, 0.2) is 0 Å². The van der Waals surface area contributed by atoms with Crippen molar-refractivity contribution in [3.05, 3.63) is 0 Å². The number of hydrogen-bond acceptors (Lipinski definition) is 1. The Balaban J connectivity index is 2.79. The molecule has 0 radical (unpaired) electrons. The molecule has 0 unspecified atom stereocenters. The maximum atomic E-state index is 11.0. The van der Waals surface area contributed by atoms with Crippen molar-refractivity contribution < 1.29 is 4.39 Å². The van der Waals surface area contributed by atoms with Gasteiger partial charge in [-0.2, -0.15) is 0 Å². The molecule has 0 heterocycles. The molecule has 0 rings (SSSR count). The summed E-state index contributed by atoms with van der Waals surface area (Å²) in [7, 11) is 0. The minimum Gasteiger partial charge on any atom is -0.359 e. The lowest BCUT2D eigenvalue weighted by atomic mass is 10.5. The topological polar surface area (TPSA) is 26.0 Å². The summed E-state index contributed by atoms with van der Waals surface area (Å²) in [5, 5.41) is 0. The Labute approximate surface area is 36.3 Å². The second-order valence-electron chi connectivity index (χ2n) is 0.760. The van der Waals surface area contributed by atoms with E-state index < -0.39 is 6.67 Å². The van der Waals surface area contributed by atoms with E-state index in [0.717, 1.165) is 0 Å². The van der Waals surface area contributed by atoms with Crippen LogP contribution in [0.4, 0.5) is 4.39 Å². The third kappa shape index (κ3) is 3.29. The van der Waals surface area contributed by atoms with Crippen LogP contribution in [0.25, 0.3) is 0 Å². The van der Waals surface area contributed by atoms with Crippen molar-refractivity contribution >= 4 is 0 Å². The van der Waals surface area contributed by atoms with Crippen molar-refractivity contribution in [2.75, 3.05) is 6.67 Å². The van der Waals surface area contributed by atoms with E-state index in [2.05, 4.69) is 17.7 Å². The monoisotopic (exact) mass is 87.0 g/mol. The minimum atomic E-state index is -0.399. The van der Waals surface area contributed by atoms with E-state index in [1.807, 2.05) is 0 Å². The first-order valence-corrected chi connectivity index (χ1v) is 1.66. The lowest BCUT2D eigenvalue weighted by Crippen LogP contribution is -1.77. The number of halogens is 1. The quantitative estimate of drug-likeness (QED) is 0.360. The van der Waals surface area contributed by atoms with Gasteiger partial charge in [-0.05, 0) is 0 Å². The fourth-order valence-corrected chi connectivity index (χ4v) is 0.119. The van der Waals surface area contributed by atoms with Crippen molar-refractivity contribution in [3.8, 4) is 12.0 Å². The highest BCUT2D eigenvalue weighted by atomic mass is 19.1. The first kappa shape index (κ1) is 5.29. The molecule has 0 spiro atoms. The van der Waals surface area contributed by atoms with Gasteiger partial charge in [-0.25, -0.2) is 0 Å². The molecule has 0 aliphatic rings. The van der Waals surface area contributed by atoms with Gasteiger partial charge in [0.2, 0.25) is 0 Å². The molecule has 0 saturated heterocycles. The first-order valence-electron chi connectivity index (χ1n) is 1.66. The normalized spacial score (nSPS) is 6.17. The average molecular weight is 87.1 g/mol. The number of nitrogens with two attached hydrogens (primary N) is 1. The molecule has 0 fully saturated rings. The highest BCUT2D eigenvalue weighted by Gasteiger charge is 1.67. The SMILES string of the molecule is NC#CCCF. The van der Waals surface area contributed by atoms with Crippen LogP contribution >= 0.6 is 0 Å². The summed E-state index contributed by atoms with van der Waals surface area (Å²) in [5.74, 6) is 2.35. The Hall–Kier alpha value is -0.710. The van der Waals surface area contributed by atoms with E-state index in [0.29, 0.717) is 0 Å². The summed E-state index contributed by atoms with van der Waals surface area (Å²) in [5.41, 5.74) is 4.69. The second-order valence-corrected chi connectivity index (χ2v) is 0.760. The standard InChI is InChI=1S/C4H6FN/c5-3-1-2-4-6/h1,3,6H2. The fraction of sp³-hybridized carbons (Fsp3) is 0.500. The summed E-state index contributed by atoms with van der Waals surface area (Å²) in [4.78, 5) is 0. The van der Waals surface area contributed by atoms with Crippen LogP contribution in [0.5, 0.6) is 0 Å². The largest absolute Gasteiger partial charge is 0.359 e. The summed E-state index contributed by atoms with van der Waals surface area (Å²) in [6, 6.07) is 2.08. The van der Waals surface area contributed by atoms with Crippen molar-refractivity contribution in [1.82, 2.24) is 0 Å². The number of rotatable bonds is 1. The predicted molar refractivity (Wildman–Crippen MR) is 22.6 cm³/mol. The Bertz CT molecular complexity index is 69.4. The molecule has 0 aromatic heterocycles. The van der Waals surface area contributed by atoms with Crippen LogP contribution < -0.4 is 5.73 Å². The maximum Gasteiger partial charge on any atom is 0.100 e. The van der Waals surface area contributed by atoms with Gasteiger partial charge in [0, 0.05) is 12.5 Å². The van der Waals surface area contributed by atoms with E-state index in [1.54, 1.807) is 0 Å². The summed E-state index contributed by atoms with van der Waals surface area (Å²) in [6.07, 6.45) is 0.260. The third-order valence-electron chi connectivity index (χ3n) is 0.322. The van der Waals surface area contributed by atoms with Crippen LogP contribution in [0.15, 0.2) is 0 Å². The van der Waals surface area contributed by atoms with Crippen LogP contribution in [-0.4, -0.2) is 6.67 Å². The summed E-state index contributed by atoms with van der Waals surface area (Å²) >= 11 is 0. The van der Waals surface area contributed by atoms with E-state index in [-0.39, 0.29) is 6.42 Å². The minimum absolute atomic E-state index is 0.260. The molecular formula is C4H6FN. The van der Waals surface area contributed by atoms with Gasteiger partial charge < -0.3 is 5.73 Å². The zero-order valence-corrected chi connectivity index (χ0v) is 3.37. The van der Waals surface area contributed by atoms with Gasteiger partial charge in [0.1, 0.15) is 6.67 Å².